The van der Waals surface area contributed by atoms with Crippen LogP contribution >= 0.6 is 22.6 Å². The number of aromatic hydroxyl groups is 1. The van der Waals surface area contributed by atoms with Gasteiger partial charge in [-0.05, 0) is 66.6 Å². The monoisotopic (exact) mass is 483 g/mol. The number of hydrogen-bond acceptors (Lipinski definition) is 5. The molecule has 2 rings (SSSR count). The Morgan fingerprint density at radius 1 is 1.19 bits per heavy atom. The maximum atomic E-state index is 11.6. The van der Waals surface area contributed by atoms with E-state index in [0.29, 0.717) is 48.6 Å². The van der Waals surface area contributed by atoms with Gasteiger partial charge < -0.3 is 20.3 Å². The summed E-state index contributed by atoms with van der Waals surface area (Å²) in [7, 11) is 0. The van der Waals surface area contributed by atoms with Crippen LogP contribution in [0.3, 0.4) is 0 Å². The third-order valence-corrected chi connectivity index (χ3v) is 5.09. The SMILES string of the molecule is CCCc1c(OCCCOc2cc(N)c(C)cc2I)ccc(C(C)=O)c1O. The lowest BCUT2D eigenvalue weighted by atomic mass is 10.0. The van der Waals surface area contributed by atoms with Crippen molar-refractivity contribution in [3.63, 3.8) is 0 Å². The standard InChI is InChI=1S/C21H26INO4/c1-4-6-16-19(8-7-15(14(3)24)21(16)25)26-9-5-10-27-20-12-18(23)13(2)11-17(20)22/h7-8,11-12,25H,4-6,9-10,23H2,1-3H3. The van der Waals surface area contributed by atoms with Crippen LogP contribution in [0.1, 0.15) is 48.2 Å². The molecule has 0 aromatic heterocycles. The molecule has 146 valence electrons. The first-order valence-electron chi connectivity index (χ1n) is 9.02. The maximum Gasteiger partial charge on any atom is 0.163 e. The number of rotatable bonds is 9. The second kappa shape index (κ2) is 9.82. The molecule has 0 unspecified atom stereocenters. The number of phenolic OH excluding ortho intramolecular Hbond substituents is 1. The molecular weight excluding hydrogens is 457 g/mol. The van der Waals surface area contributed by atoms with E-state index in [-0.39, 0.29) is 11.5 Å². The fourth-order valence-electron chi connectivity index (χ4n) is 2.73. The summed E-state index contributed by atoms with van der Waals surface area (Å²) < 4.78 is 12.7. The van der Waals surface area contributed by atoms with Gasteiger partial charge in [-0.2, -0.15) is 0 Å². The van der Waals surface area contributed by atoms with Crippen LogP contribution in [-0.2, 0) is 6.42 Å². The molecule has 0 amide bonds. The summed E-state index contributed by atoms with van der Waals surface area (Å²) in [6.45, 7) is 6.39. The Bertz CT molecular complexity index is 820. The van der Waals surface area contributed by atoms with Crippen LogP contribution in [-0.4, -0.2) is 24.1 Å². The van der Waals surface area contributed by atoms with Gasteiger partial charge in [-0.25, -0.2) is 0 Å². The molecule has 0 saturated heterocycles. The molecule has 0 radical (unpaired) electrons. The lowest BCUT2D eigenvalue weighted by molar-refractivity contribution is 0.101. The Morgan fingerprint density at radius 2 is 1.85 bits per heavy atom. The summed E-state index contributed by atoms with van der Waals surface area (Å²) in [5.41, 5.74) is 8.70. The number of ether oxygens (including phenoxy) is 2. The van der Waals surface area contributed by atoms with Gasteiger partial charge in [0, 0.05) is 23.7 Å². The second-order valence-electron chi connectivity index (χ2n) is 6.43. The van der Waals surface area contributed by atoms with Crippen molar-refractivity contribution >= 4 is 34.1 Å². The molecule has 0 aliphatic carbocycles. The lowest BCUT2D eigenvalue weighted by Crippen LogP contribution is -2.08. The average molecular weight is 483 g/mol. The van der Waals surface area contributed by atoms with Crippen molar-refractivity contribution in [1.29, 1.82) is 0 Å². The predicted molar refractivity (Wildman–Crippen MR) is 116 cm³/mol. The minimum Gasteiger partial charge on any atom is -0.507 e. The van der Waals surface area contributed by atoms with E-state index in [0.717, 1.165) is 21.3 Å². The second-order valence-corrected chi connectivity index (χ2v) is 7.60. The van der Waals surface area contributed by atoms with Crippen molar-refractivity contribution in [3.8, 4) is 17.2 Å². The third kappa shape index (κ3) is 5.51. The normalized spacial score (nSPS) is 10.7. The van der Waals surface area contributed by atoms with Crippen LogP contribution in [0.2, 0.25) is 0 Å². The van der Waals surface area contributed by atoms with Crippen molar-refractivity contribution in [1.82, 2.24) is 0 Å². The molecule has 27 heavy (non-hydrogen) atoms. The Kier molecular flexibility index (Phi) is 7.77. The Balaban J connectivity index is 1.94. The smallest absolute Gasteiger partial charge is 0.163 e. The molecular formula is C21H26INO4. The number of anilines is 1. The zero-order chi connectivity index (χ0) is 20.0. The number of benzene rings is 2. The highest BCUT2D eigenvalue weighted by Gasteiger charge is 2.15. The summed E-state index contributed by atoms with van der Waals surface area (Å²) in [5.74, 6) is 1.27. The summed E-state index contributed by atoms with van der Waals surface area (Å²) in [5, 5.41) is 10.4. The number of nitrogen functional groups attached to an aromatic ring is 1. The number of Topliss-reactive ketones (excluding diaryl/α,β-unsaturated/α-hetero) is 1. The molecule has 0 atom stereocenters. The van der Waals surface area contributed by atoms with Crippen molar-refractivity contribution < 1.29 is 19.4 Å². The fraction of sp³-hybridized carbons (Fsp3) is 0.381. The molecule has 2 aromatic rings. The van der Waals surface area contributed by atoms with Gasteiger partial charge in [-0.1, -0.05) is 13.3 Å². The van der Waals surface area contributed by atoms with Crippen molar-refractivity contribution in [2.24, 2.45) is 0 Å². The zero-order valence-electron chi connectivity index (χ0n) is 16.0. The molecule has 6 heteroatoms. The minimum atomic E-state index is -0.156. The molecule has 0 bridgehead atoms. The summed E-state index contributed by atoms with van der Waals surface area (Å²) in [6, 6.07) is 7.21. The van der Waals surface area contributed by atoms with Gasteiger partial charge in [-0.15, -0.1) is 0 Å². The minimum absolute atomic E-state index is 0.0304. The number of ketones is 1. The van der Waals surface area contributed by atoms with Gasteiger partial charge in [0.15, 0.2) is 5.78 Å². The Labute approximate surface area is 174 Å². The van der Waals surface area contributed by atoms with Gasteiger partial charge in [0.25, 0.3) is 0 Å². The highest BCUT2D eigenvalue weighted by atomic mass is 127. The first-order valence-corrected chi connectivity index (χ1v) is 10.1. The van der Waals surface area contributed by atoms with E-state index in [1.54, 1.807) is 12.1 Å². The molecule has 0 aliphatic rings. The molecule has 0 heterocycles. The average Bonchev–Trinajstić information content (AvgIpc) is 2.61. The van der Waals surface area contributed by atoms with Crippen LogP contribution in [0.25, 0.3) is 0 Å². The van der Waals surface area contributed by atoms with Crippen LogP contribution in [0.5, 0.6) is 17.2 Å². The lowest BCUT2D eigenvalue weighted by Gasteiger charge is -2.15. The number of aryl methyl sites for hydroxylation is 1. The van der Waals surface area contributed by atoms with E-state index >= 15 is 0 Å². The molecule has 0 saturated carbocycles. The van der Waals surface area contributed by atoms with Crippen molar-refractivity contribution in [2.75, 3.05) is 18.9 Å². The predicted octanol–water partition coefficient (Wildman–Crippen LogP) is 4.89. The van der Waals surface area contributed by atoms with Crippen LogP contribution in [0.15, 0.2) is 24.3 Å². The van der Waals surface area contributed by atoms with Gasteiger partial charge >= 0.3 is 0 Å². The number of hydrogen-bond donors (Lipinski definition) is 2. The first kappa shape index (κ1) is 21.3. The third-order valence-electron chi connectivity index (χ3n) is 4.24. The number of nitrogens with two attached hydrogens (primary N) is 1. The molecule has 0 spiro atoms. The van der Waals surface area contributed by atoms with E-state index in [9.17, 15) is 9.90 Å². The van der Waals surface area contributed by atoms with Gasteiger partial charge in [0.1, 0.15) is 17.2 Å². The molecule has 0 aliphatic heterocycles. The largest absolute Gasteiger partial charge is 0.507 e. The van der Waals surface area contributed by atoms with Crippen LogP contribution in [0, 0.1) is 10.5 Å². The number of halogens is 1. The van der Waals surface area contributed by atoms with E-state index in [1.165, 1.54) is 6.92 Å². The fourth-order valence-corrected chi connectivity index (χ4v) is 3.51. The van der Waals surface area contributed by atoms with E-state index in [2.05, 4.69) is 22.6 Å². The molecule has 2 aromatic carbocycles. The highest BCUT2D eigenvalue weighted by molar-refractivity contribution is 14.1. The molecule has 0 fully saturated rings. The maximum absolute atomic E-state index is 11.6. The van der Waals surface area contributed by atoms with Gasteiger partial charge in [0.05, 0.1) is 22.3 Å². The van der Waals surface area contributed by atoms with Crippen LogP contribution < -0.4 is 15.2 Å². The Morgan fingerprint density at radius 3 is 2.48 bits per heavy atom. The summed E-state index contributed by atoms with van der Waals surface area (Å²) in [6.07, 6.45) is 2.19. The van der Waals surface area contributed by atoms with Crippen molar-refractivity contribution in [3.05, 3.63) is 44.5 Å². The number of phenols is 1. The van der Waals surface area contributed by atoms with Crippen LogP contribution in [0.4, 0.5) is 5.69 Å². The molecule has 3 N–H and O–H groups in total. The van der Waals surface area contributed by atoms with Crippen molar-refractivity contribution in [2.45, 2.75) is 40.0 Å². The highest BCUT2D eigenvalue weighted by Crippen LogP contribution is 2.33. The molecule has 5 nitrogen and oxygen atoms in total. The first-order chi connectivity index (χ1) is 12.8. The van der Waals surface area contributed by atoms with E-state index in [1.807, 2.05) is 26.0 Å². The number of carbonyl (C=O) groups excluding carboxylic acids is 1. The van der Waals surface area contributed by atoms with E-state index < -0.39 is 0 Å². The summed E-state index contributed by atoms with van der Waals surface area (Å²) in [4.78, 5) is 11.6. The summed E-state index contributed by atoms with van der Waals surface area (Å²) >= 11 is 2.23. The van der Waals surface area contributed by atoms with E-state index in [4.69, 9.17) is 15.2 Å². The topological polar surface area (TPSA) is 81.8 Å². The zero-order valence-corrected chi connectivity index (χ0v) is 18.1. The Hall–Kier alpha value is -1.96. The quantitative estimate of drug-likeness (QED) is 0.230. The number of carbonyl (C=O) groups is 1. The van der Waals surface area contributed by atoms with Gasteiger partial charge in [-0.3, -0.25) is 4.79 Å². The van der Waals surface area contributed by atoms with Gasteiger partial charge in [0.2, 0.25) is 0 Å².